The van der Waals surface area contributed by atoms with E-state index in [0.29, 0.717) is 12.1 Å². The number of nitrogens with zero attached hydrogens (tertiary/aromatic N) is 1. The molecule has 0 radical (unpaired) electrons. The van der Waals surface area contributed by atoms with Crippen molar-refractivity contribution in [3.05, 3.63) is 90.0 Å². The monoisotopic (exact) mass is 330 g/mol. The number of para-hydroxylation sites is 1. The zero-order chi connectivity index (χ0) is 17.5. The molecule has 0 saturated carbocycles. The van der Waals surface area contributed by atoms with E-state index in [-0.39, 0.29) is 5.84 Å². The second-order valence-corrected chi connectivity index (χ2v) is 5.45. The van der Waals surface area contributed by atoms with Crippen LogP contribution < -0.4 is 10.1 Å². The predicted octanol–water partition coefficient (Wildman–Crippen LogP) is 5.45. The first-order chi connectivity index (χ1) is 12.2. The van der Waals surface area contributed by atoms with Crippen molar-refractivity contribution < 1.29 is 4.74 Å². The maximum Gasteiger partial charge on any atom is 0.173 e. The number of hydrogen-bond acceptors (Lipinski definition) is 4. The minimum absolute atomic E-state index is 0.0499. The summed E-state index contributed by atoms with van der Waals surface area (Å²) in [6.07, 6.45) is 0. The maximum absolute atomic E-state index is 7.59. The third-order valence-corrected chi connectivity index (χ3v) is 3.65. The van der Waals surface area contributed by atoms with Gasteiger partial charge in [-0.25, -0.2) is 5.53 Å². The van der Waals surface area contributed by atoms with E-state index in [9.17, 15) is 0 Å². The van der Waals surface area contributed by atoms with Crippen molar-refractivity contribution in [3.63, 3.8) is 0 Å². The lowest BCUT2D eigenvalue weighted by atomic mass is 10.1. The Bertz CT molecular complexity index is 860. The van der Waals surface area contributed by atoms with Crippen LogP contribution in [0.2, 0.25) is 0 Å². The van der Waals surface area contributed by atoms with Crippen molar-refractivity contribution in [2.45, 2.75) is 6.54 Å². The largest absolute Gasteiger partial charge is 0.457 e. The van der Waals surface area contributed by atoms with Crippen LogP contribution in [0, 0.1) is 10.9 Å². The van der Waals surface area contributed by atoms with E-state index in [0.717, 1.165) is 22.7 Å². The molecule has 3 N–H and O–H groups in total. The molecule has 25 heavy (non-hydrogen) atoms. The molecule has 0 amide bonds. The fourth-order valence-corrected chi connectivity index (χ4v) is 2.35. The van der Waals surface area contributed by atoms with Gasteiger partial charge in [-0.2, -0.15) is 0 Å². The highest BCUT2D eigenvalue weighted by Gasteiger charge is 2.02. The standard InChI is InChI=1S/C20H18N4O/c21-20(24-22)16-5-4-6-17(13-16)23-14-15-9-11-19(12-10-15)25-18-7-2-1-3-8-18/h1-13,21-23H,14H2. The lowest BCUT2D eigenvalue weighted by Crippen LogP contribution is -2.01. The number of ether oxygens (including phenoxy) is 1. The second kappa shape index (κ2) is 7.88. The molecule has 0 bridgehead atoms. The van der Waals surface area contributed by atoms with Crippen LogP contribution in [0.25, 0.3) is 0 Å². The molecule has 0 saturated heterocycles. The van der Waals surface area contributed by atoms with E-state index in [4.69, 9.17) is 15.7 Å². The van der Waals surface area contributed by atoms with Gasteiger partial charge in [-0.1, -0.05) is 42.5 Å². The van der Waals surface area contributed by atoms with Crippen molar-refractivity contribution in [2.75, 3.05) is 5.32 Å². The van der Waals surface area contributed by atoms with Gasteiger partial charge in [-0.05, 0) is 42.0 Å². The number of anilines is 1. The van der Waals surface area contributed by atoms with Crippen LogP contribution in [0.4, 0.5) is 5.69 Å². The molecule has 5 heteroatoms. The van der Waals surface area contributed by atoms with Gasteiger partial charge in [-0.15, -0.1) is 5.11 Å². The minimum Gasteiger partial charge on any atom is -0.457 e. The van der Waals surface area contributed by atoms with Crippen LogP contribution in [0.3, 0.4) is 0 Å². The topological polar surface area (TPSA) is 81.3 Å². The molecule has 0 aliphatic carbocycles. The zero-order valence-electron chi connectivity index (χ0n) is 13.6. The number of hydrogen-bond donors (Lipinski definition) is 3. The van der Waals surface area contributed by atoms with Gasteiger partial charge in [-0.3, -0.25) is 5.41 Å². The highest BCUT2D eigenvalue weighted by Crippen LogP contribution is 2.21. The van der Waals surface area contributed by atoms with Crippen molar-refractivity contribution >= 4 is 11.5 Å². The molecule has 5 nitrogen and oxygen atoms in total. The Balaban J connectivity index is 1.60. The molecule has 0 aliphatic heterocycles. The molecule has 124 valence electrons. The first-order valence-corrected chi connectivity index (χ1v) is 7.87. The lowest BCUT2D eigenvalue weighted by molar-refractivity contribution is 0.482. The highest BCUT2D eigenvalue weighted by molar-refractivity contribution is 5.97. The Labute approximate surface area is 146 Å². The summed E-state index contributed by atoms with van der Waals surface area (Å²) in [5, 5.41) is 14.1. The van der Waals surface area contributed by atoms with Crippen LogP contribution in [-0.4, -0.2) is 5.84 Å². The van der Waals surface area contributed by atoms with Gasteiger partial charge in [0.15, 0.2) is 5.84 Å². The van der Waals surface area contributed by atoms with E-state index in [1.165, 1.54) is 0 Å². The van der Waals surface area contributed by atoms with Crippen LogP contribution in [-0.2, 0) is 6.54 Å². The highest BCUT2D eigenvalue weighted by atomic mass is 16.5. The molecule has 0 atom stereocenters. The average molecular weight is 330 g/mol. The zero-order valence-corrected chi connectivity index (χ0v) is 13.6. The van der Waals surface area contributed by atoms with E-state index in [2.05, 4.69) is 10.4 Å². The normalized spacial score (nSPS) is 10.1. The Morgan fingerprint density at radius 3 is 2.32 bits per heavy atom. The van der Waals surface area contributed by atoms with Gasteiger partial charge < -0.3 is 10.1 Å². The molecule has 0 unspecified atom stereocenters. The van der Waals surface area contributed by atoms with Gasteiger partial charge in [0.2, 0.25) is 0 Å². The van der Waals surface area contributed by atoms with Gasteiger partial charge in [0.1, 0.15) is 11.5 Å². The summed E-state index contributed by atoms with van der Waals surface area (Å²) in [7, 11) is 0. The molecule has 0 fully saturated rings. The van der Waals surface area contributed by atoms with Gasteiger partial charge in [0.05, 0.1) is 0 Å². The molecule has 0 aromatic heterocycles. The molecule has 3 rings (SSSR count). The third kappa shape index (κ3) is 4.51. The van der Waals surface area contributed by atoms with Crippen LogP contribution >= 0.6 is 0 Å². The molecular weight excluding hydrogens is 312 g/mol. The SMILES string of the molecule is N=NC(=N)c1cccc(NCc2ccc(Oc3ccccc3)cc2)c1. The Kier molecular flexibility index (Phi) is 5.16. The van der Waals surface area contributed by atoms with Crippen LogP contribution in [0.5, 0.6) is 11.5 Å². The molecule has 0 heterocycles. The van der Waals surface area contributed by atoms with E-state index in [1.54, 1.807) is 6.07 Å². The fourth-order valence-electron chi connectivity index (χ4n) is 2.35. The van der Waals surface area contributed by atoms with E-state index >= 15 is 0 Å². The minimum atomic E-state index is -0.0499. The summed E-state index contributed by atoms with van der Waals surface area (Å²) in [5.41, 5.74) is 9.54. The predicted molar refractivity (Wildman–Crippen MR) is 98.7 cm³/mol. The first kappa shape index (κ1) is 16.4. The maximum atomic E-state index is 7.59. The van der Waals surface area contributed by atoms with Crippen molar-refractivity contribution in [1.29, 1.82) is 10.9 Å². The average Bonchev–Trinajstić information content (AvgIpc) is 2.68. The van der Waals surface area contributed by atoms with Gasteiger partial charge in [0.25, 0.3) is 0 Å². The summed E-state index contributed by atoms with van der Waals surface area (Å²) < 4.78 is 5.78. The van der Waals surface area contributed by atoms with E-state index < -0.39 is 0 Å². The molecular formula is C20H18N4O. The van der Waals surface area contributed by atoms with Gasteiger partial charge >= 0.3 is 0 Å². The summed E-state index contributed by atoms with van der Waals surface area (Å²) >= 11 is 0. The fraction of sp³-hybridized carbons (Fsp3) is 0.0500. The Morgan fingerprint density at radius 1 is 0.880 bits per heavy atom. The summed E-state index contributed by atoms with van der Waals surface area (Å²) in [4.78, 5) is 0. The second-order valence-electron chi connectivity index (χ2n) is 5.45. The number of nitrogens with one attached hydrogen (secondary N) is 3. The summed E-state index contributed by atoms with van der Waals surface area (Å²) in [6, 6.07) is 24.9. The molecule has 3 aromatic rings. The van der Waals surface area contributed by atoms with E-state index in [1.807, 2.05) is 72.8 Å². The molecule has 0 aliphatic rings. The van der Waals surface area contributed by atoms with Crippen LogP contribution in [0.1, 0.15) is 11.1 Å². The quantitative estimate of drug-likeness (QED) is 0.319. The van der Waals surface area contributed by atoms with Crippen molar-refractivity contribution in [1.82, 2.24) is 0 Å². The Hall–Kier alpha value is -3.47. The van der Waals surface area contributed by atoms with Crippen LogP contribution in [0.15, 0.2) is 84.0 Å². The smallest absolute Gasteiger partial charge is 0.173 e. The summed E-state index contributed by atoms with van der Waals surface area (Å²) in [5.74, 6) is 1.56. The molecule has 0 spiro atoms. The van der Waals surface area contributed by atoms with Crippen molar-refractivity contribution in [2.24, 2.45) is 5.11 Å². The summed E-state index contributed by atoms with van der Waals surface area (Å²) in [6.45, 7) is 0.653. The lowest BCUT2D eigenvalue weighted by Gasteiger charge is -2.09. The molecule has 3 aromatic carbocycles. The van der Waals surface area contributed by atoms with Gasteiger partial charge in [0, 0.05) is 17.8 Å². The number of rotatable bonds is 6. The third-order valence-electron chi connectivity index (χ3n) is 3.65. The Morgan fingerprint density at radius 2 is 1.60 bits per heavy atom. The number of amidine groups is 1. The van der Waals surface area contributed by atoms with Crippen molar-refractivity contribution in [3.8, 4) is 11.5 Å². The first-order valence-electron chi connectivity index (χ1n) is 7.87. The number of benzene rings is 3.